The van der Waals surface area contributed by atoms with Crippen LogP contribution in [0.5, 0.6) is 11.5 Å². The summed E-state index contributed by atoms with van der Waals surface area (Å²) in [6.45, 7) is 13.4. The Morgan fingerprint density at radius 3 is 2.53 bits per heavy atom. The zero-order valence-electron chi connectivity index (χ0n) is 28.0. The quantitative estimate of drug-likeness (QED) is 0.294. The molecule has 246 valence electrons. The minimum atomic E-state index is -2.12. The van der Waals surface area contributed by atoms with Crippen LogP contribution in [0.15, 0.2) is 30.3 Å². The first-order valence-electron chi connectivity index (χ1n) is 16.7. The van der Waals surface area contributed by atoms with E-state index in [9.17, 15) is 9.90 Å². The zero-order valence-corrected chi connectivity index (χ0v) is 30.5. The van der Waals surface area contributed by atoms with Gasteiger partial charge in [0.25, 0.3) is 8.32 Å². The largest absolute Gasteiger partial charge is 0.541 e. The second-order valence-corrected chi connectivity index (χ2v) is 21.2. The molecule has 2 aromatic carbocycles. The lowest BCUT2D eigenvalue weighted by Gasteiger charge is -2.61. The first kappa shape index (κ1) is 33.1. The molecule has 0 spiro atoms. The van der Waals surface area contributed by atoms with Crippen molar-refractivity contribution in [1.29, 1.82) is 0 Å². The molecule has 1 amide bonds. The standard InChI is InChI=1S/C36H50Cl2N2O4Si/c1-35(2,3)45(6,7)44-31-13-9-23-18-29-26-11-10-25(39(4)32(42)17-22-8-12-27(37)28(38)16-22)20-36(26,33(23)34(31)43-5)14-15-40(29)21-24-19-30(24)41/h8-9,12-13,16,24-26,29-30,41H,10-11,14-15,17-21H2,1-7H3/t24?,25-,26-,29+,30?,36-/m0/s1. The van der Waals surface area contributed by atoms with Crippen LogP contribution < -0.4 is 9.16 Å². The highest BCUT2D eigenvalue weighted by Crippen LogP contribution is 2.60. The summed E-state index contributed by atoms with van der Waals surface area (Å²) in [5, 5.41) is 11.2. The van der Waals surface area contributed by atoms with E-state index in [2.05, 4.69) is 50.9 Å². The van der Waals surface area contributed by atoms with Crippen LogP contribution in [0.25, 0.3) is 0 Å². The molecule has 2 bridgehead atoms. The summed E-state index contributed by atoms with van der Waals surface area (Å²) >= 11 is 12.4. The van der Waals surface area contributed by atoms with Crippen molar-refractivity contribution in [2.45, 2.75) is 107 Å². The topological polar surface area (TPSA) is 62.2 Å². The number of fused-ring (bicyclic) bond motifs is 1. The number of hydrogen-bond donors (Lipinski definition) is 1. The van der Waals surface area contributed by atoms with Gasteiger partial charge in [0.1, 0.15) is 5.75 Å². The molecular weight excluding hydrogens is 623 g/mol. The maximum Gasteiger partial charge on any atom is 0.250 e. The minimum Gasteiger partial charge on any atom is -0.541 e. The predicted octanol–water partition coefficient (Wildman–Crippen LogP) is 7.50. The number of carbonyl (C=O) groups is 1. The van der Waals surface area contributed by atoms with Crippen LogP contribution in [0.2, 0.25) is 28.2 Å². The van der Waals surface area contributed by atoms with Crippen molar-refractivity contribution >= 4 is 37.4 Å². The Morgan fingerprint density at radius 1 is 1.16 bits per heavy atom. The number of aliphatic hydroxyl groups is 1. The number of likely N-dealkylation sites (N-methyl/N-ethyl adjacent to an activating group) is 1. The fourth-order valence-electron chi connectivity index (χ4n) is 8.31. The molecule has 6 atom stereocenters. The highest BCUT2D eigenvalue weighted by molar-refractivity contribution is 6.74. The molecule has 6 rings (SSSR count). The number of ether oxygens (including phenoxy) is 1. The summed E-state index contributed by atoms with van der Waals surface area (Å²) in [7, 11) is 1.65. The maximum absolute atomic E-state index is 13.7. The monoisotopic (exact) mass is 672 g/mol. The third kappa shape index (κ3) is 6.06. The van der Waals surface area contributed by atoms with E-state index in [4.69, 9.17) is 32.4 Å². The first-order chi connectivity index (χ1) is 21.1. The van der Waals surface area contributed by atoms with Crippen molar-refractivity contribution in [3.63, 3.8) is 0 Å². The zero-order chi connectivity index (χ0) is 32.5. The number of piperidine rings is 1. The number of halogens is 2. The third-order valence-electron chi connectivity index (χ3n) is 12.0. The van der Waals surface area contributed by atoms with Gasteiger partial charge >= 0.3 is 0 Å². The number of carbonyl (C=O) groups excluding carboxylic acids is 1. The van der Waals surface area contributed by atoms with E-state index in [0.29, 0.717) is 34.3 Å². The molecule has 4 aliphatic rings. The molecule has 1 aliphatic heterocycles. The Balaban J connectivity index is 1.35. The second-order valence-electron chi connectivity index (χ2n) is 15.7. The SMILES string of the molecule is COc1c(O[Si](C)(C)C(C)(C)C)ccc2c1[C@]13CCN(CC4CC4O)[C@H](C2)[C@@H]1CC[C@H](N(C)C(=O)Cc1ccc(Cl)c(Cl)c1)C3. The molecule has 1 N–H and O–H groups in total. The van der Waals surface area contributed by atoms with Crippen molar-refractivity contribution in [1.82, 2.24) is 9.80 Å². The Morgan fingerprint density at radius 2 is 1.89 bits per heavy atom. The van der Waals surface area contributed by atoms with E-state index in [0.717, 1.165) is 68.7 Å². The van der Waals surface area contributed by atoms with Gasteiger partial charge < -0.3 is 19.2 Å². The molecular formula is C36H50Cl2N2O4Si. The molecule has 2 unspecified atom stereocenters. The lowest BCUT2D eigenvalue weighted by molar-refractivity contribution is -0.133. The number of aliphatic hydroxyl groups excluding tert-OH is 1. The van der Waals surface area contributed by atoms with E-state index < -0.39 is 8.32 Å². The van der Waals surface area contributed by atoms with Gasteiger partial charge in [0.05, 0.1) is 29.7 Å². The lowest BCUT2D eigenvalue weighted by atomic mass is 9.51. The summed E-state index contributed by atoms with van der Waals surface area (Å²) in [6.07, 6.45) is 6.01. The Bertz CT molecular complexity index is 1460. The van der Waals surface area contributed by atoms with Crippen LogP contribution in [0.4, 0.5) is 0 Å². The van der Waals surface area contributed by atoms with Gasteiger partial charge in [-0.1, -0.05) is 56.1 Å². The van der Waals surface area contributed by atoms with Gasteiger partial charge in [0.15, 0.2) is 5.75 Å². The number of nitrogens with zero attached hydrogens (tertiary/aromatic N) is 2. The van der Waals surface area contributed by atoms with Crippen LogP contribution >= 0.6 is 23.2 Å². The summed E-state index contributed by atoms with van der Waals surface area (Å²) < 4.78 is 13.3. The van der Waals surface area contributed by atoms with Crippen LogP contribution in [0.3, 0.4) is 0 Å². The molecule has 9 heteroatoms. The van der Waals surface area contributed by atoms with Crippen LogP contribution in [0.1, 0.15) is 69.6 Å². The number of amides is 1. The summed E-state index contributed by atoms with van der Waals surface area (Å²) in [5.41, 5.74) is 3.43. The number of hydrogen-bond acceptors (Lipinski definition) is 5. The van der Waals surface area contributed by atoms with Crippen molar-refractivity contribution in [2.24, 2.45) is 11.8 Å². The van der Waals surface area contributed by atoms with Crippen LogP contribution in [-0.4, -0.2) is 74.6 Å². The van der Waals surface area contributed by atoms with Crippen molar-refractivity contribution in [2.75, 3.05) is 27.2 Å². The highest BCUT2D eigenvalue weighted by atomic mass is 35.5. The fraction of sp³-hybridized carbons (Fsp3) is 0.639. The number of likely N-dealkylation sites (tertiary alicyclic amines) is 1. The van der Waals surface area contributed by atoms with Crippen molar-refractivity contribution in [3.8, 4) is 11.5 Å². The Kier molecular flexibility index (Phi) is 8.86. The average molecular weight is 674 g/mol. The number of methoxy groups -OCH3 is 1. The van der Waals surface area contributed by atoms with Crippen molar-refractivity contribution in [3.05, 3.63) is 57.1 Å². The molecule has 2 saturated carbocycles. The molecule has 6 nitrogen and oxygen atoms in total. The third-order valence-corrected chi connectivity index (χ3v) is 17.1. The number of benzene rings is 2. The summed E-state index contributed by atoms with van der Waals surface area (Å²) in [4.78, 5) is 18.4. The minimum absolute atomic E-state index is 0.0614. The van der Waals surface area contributed by atoms with Crippen molar-refractivity contribution < 1.29 is 19.1 Å². The average Bonchev–Trinajstić information content (AvgIpc) is 3.68. The fourth-order valence-corrected chi connectivity index (χ4v) is 9.65. The van der Waals surface area contributed by atoms with Gasteiger partial charge in [-0.25, -0.2) is 0 Å². The van der Waals surface area contributed by atoms with E-state index in [1.807, 2.05) is 18.0 Å². The van der Waals surface area contributed by atoms with E-state index in [1.54, 1.807) is 19.2 Å². The van der Waals surface area contributed by atoms with Gasteiger partial charge in [-0.3, -0.25) is 9.69 Å². The van der Waals surface area contributed by atoms with Crippen LogP contribution in [-0.2, 0) is 23.1 Å². The van der Waals surface area contributed by atoms with E-state index in [-0.39, 0.29) is 28.5 Å². The van der Waals surface area contributed by atoms with E-state index >= 15 is 0 Å². The van der Waals surface area contributed by atoms with Gasteiger partial charge in [0, 0.05) is 42.6 Å². The summed E-state index contributed by atoms with van der Waals surface area (Å²) in [6, 6.07) is 10.4. The van der Waals surface area contributed by atoms with Gasteiger partial charge in [-0.2, -0.15) is 0 Å². The van der Waals surface area contributed by atoms with Gasteiger partial charge in [-0.15, -0.1) is 0 Å². The first-order valence-corrected chi connectivity index (χ1v) is 20.3. The second kappa shape index (κ2) is 12.0. The normalized spacial score (nSPS) is 29.4. The molecule has 3 fully saturated rings. The molecule has 2 aromatic rings. The molecule has 1 heterocycles. The van der Waals surface area contributed by atoms with Gasteiger partial charge in [-0.05, 0) is 98.4 Å². The summed E-state index contributed by atoms with van der Waals surface area (Å²) in [5.74, 6) is 2.72. The molecule has 0 aromatic heterocycles. The smallest absolute Gasteiger partial charge is 0.250 e. The molecule has 45 heavy (non-hydrogen) atoms. The van der Waals surface area contributed by atoms with Gasteiger partial charge in [0.2, 0.25) is 5.91 Å². The molecule has 3 aliphatic carbocycles. The number of rotatable bonds is 8. The Labute approximate surface area is 280 Å². The van der Waals surface area contributed by atoms with E-state index in [1.165, 1.54) is 11.1 Å². The van der Waals surface area contributed by atoms with Crippen LogP contribution in [0, 0.1) is 11.8 Å². The highest BCUT2D eigenvalue weighted by Gasteiger charge is 2.58. The Hall–Kier alpha value is -1.77. The molecule has 0 radical (unpaired) electrons. The lowest BCUT2D eigenvalue weighted by Crippen LogP contribution is -2.64. The molecule has 1 saturated heterocycles. The maximum atomic E-state index is 13.7. The predicted molar refractivity (Wildman–Crippen MR) is 184 cm³/mol.